The molecule has 0 aliphatic rings. The molecule has 0 spiro atoms. The Kier molecular flexibility index (Phi) is 12.5. The lowest BCUT2D eigenvalue weighted by molar-refractivity contribution is 0.0731. The Labute approximate surface area is 191 Å². The van der Waals surface area contributed by atoms with Gasteiger partial charge in [-0.25, -0.2) is 0 Å². The first-order chi connectivity index (χ1) is 14.0. The van der Waals surface area contributed by atoms with Crippen LogP contribution in [0.3, 0.4) is 0 Å². The summed E-state index contributed by atoms with van der Waals surface area (Å²) in [6.45, 7) is 17.1. The van der Waals surface area contributed by atoms with Crippen LogP contribution in [0.1, 0.15) is 0 Å². The van der Waals surface area contributed by atoms with Crippen molar-refractivity contribution in [2.24, 2.45) is 0 Å². The Morgan fingerprint density at radius 2 is 1.10 bits per heavy atom. The van der Waals surface area contributed by atoms with Crippen molar-refractivity contribution < 1.29 is 27.8 Å². The summed E-state index contributed by atoms with van der Waals surface area (Å²) in [4.78, 5) is 0. The molecule has 1 aromatic rings. The van der Waals surface area contributed by atoms with E-state index in [2.05, 4.69) is 55.2 Å². The monoisotopic (exact) mass is 523 g/mol. The van der Waals surface area contributed by atoms with E-state index in [1.165, 1.54) is 0 Å². The molecule has 10 heteroatoms. The Balaban J connectivity index is 2.29. The molecule has 0 radical (unpaired) electrons. The third-order valence-corrected chi connectivity index (χ3v) is 6.32. The average Bonchev–Trinajstić information content (AvgIpc) is 2.61. The number of hydrogen-bond donors (Lipinski definition) is 1. The van der Waals surface area contributed by atoms with Gasteiger partial charge in [0.05, 0.1) is 49.8 Å². The number of nitrogens with two attached hydrogens (primary N) is 1. The van der Waals surface area contributed by atoms with E-state index in [1.807, 2.05) is 0 Å². The molecule has 174 valence electrons. The van der Waals surface area contributed by atoms with Crippen LogP contribution in [0.4, 0.5) is 5.69 Å². The van der Waals surface area contributed by atoms with E-state index in [1.54, 1.807) is 12.1 Å². The van der Waals surface area contributed by atoms with Crippen LogP contribution in [0.2, 0.25) is 39.3 Å². The molecule has 0 unspecified atom stereocenters. The first-order valence-corrected chi connectivity index (χ1v) is 17.9. The van der Waals surface area contributed by atoms with Crippen molar-refractivity contribution in [1.82, 2.24) is 0 Å². The van der Waals surface area contributed by atoms with E-state index >= 15 is 0 Å². The summed E-state index contributed by atoms with van der Waals surface area (Å²) in [5, 5.41) is 0. The van der Waals surface area contributed by atoms with Gasteiger partial charge in [0, 0.05) is 6.07 Å². The summed E-state index contributed by atoms with van der Waals surface area (Å²) in [5.74, 6) is 1.23. The lowest BCUT2D eigenvalue weighted by Crippen LogP contribution is -2.27. The number of nitrogen functional groups attached to an aromatic ring is 1. The van der Waals surface area contributed by atoms with Crippen molar-refractivity contribution in [3.05, 3.63) is 16.6 Å². The standard InChI is InChI=1S/C20H38BrNO6Si2/c1-29(2,3)27-13-9-23-7-11-25-19-16-20(18(22)15-17(19)21)26-12-8-24-10-14-28-30(4,5)6/h15-16H,7-14,22H2,1-6H3. The number of benzene rings is 1. The smallest absolute Gasteiger partial charge is 0.183 e. The van der Waals surface area contributed by atoms with Gasteiger partial charge in [0.2, 0.25) is 0 Å². The van der Waals surface area contributed by atoms with Gasteiger partial charge in [-0.05, 0) is 61.3 Å². The summed E-state index contributed by atoms with van der Waals surface area (Å²) in [6.07, 6.45) is 0. The van der Waals surface area contributed by atoms with Gasteiger partial charge in [-0.3, -0.25) is 0 Å². The number of anilines is 1. The third-order valence-electron chi connectivity index (χ3n) is 3.56. The van der Waals surface area contributed by atoms with Gasteiger partial charge in [-0.2, -0.15) is 0 Å². The molecule has 0 aromatic heterocycles. The second-order valence-corrected chi connectivity index (χ2v) is 18.5. The summed E-state index contributed by atoms with van der Waals surface area (Å²) >= 11 is 3.47. The molecular formula is C20H38BrNO6Si2. The van der Waals surface area contributed by atoms with Crippen molar-refractivity contribution >= 4 is 38.3 Å². The Bertz CT molecular complexity index is 573. The van der Waals surface area contributed by atoms with Gasteiger partial charge in [-0.15, -0.1) is 0 Å². The molecule has 1 rings (SSSR count). The largest absolute Gasteiger partial charge is 0.490 e. The minimum absolute atomic E-state index is 0.401. The minimum Gasteiger partial charge on any atom is -0.490 e. The zero-order valence-electron chi connectivity index (χ0n) is 19.2. The van der Waals surface area contributed by atoms with Gasteiger partial charge >= 0.3 is 0 Å². The van der Waals surface area contributed by atoms with Crippen LogP contribution in [0.5, 0.6) is 11.5 Å². The molecule has 1 aromatic carbocycles. The van der Waals surface area contributed by atoms with E-state index in [4.69, 9.17) is 33.5 Å². The molecule has 0 bridgehead atoms. The summed E-state index contributed by atoms with van der Waals surface area (Å²) in [5.41, 5.74) is 6.58. The maximum atomic E-state index is 6.04. The first-order valence-electron chi connectivity index (χ1n) is 10.3. The highest BCUT2D eigenvalue weighted by molar-refractivity contribution is 9.10. The van der Waals surface area contributed by atoms with Gasteiger partial charge in [0.25, 0.3) is 0 Å². The molecule has 0 heterocycles. The molecule has 7 nitrogen and oxygen atoms in total. The van der Waals surface area contributed by atoms with Crippen LogP contribution in [0, 0.1) is 0 Å². The predicted molar refractivity (Wildman–Crippen MR) is 130 cm³/mol. The van der Waals surface area contributed by atoms with Crippen LogP contribution in [-0.4, -0.2) is 69.5 Å². The molecule has 0 aliphatic carbocycles. The molecule has 0 saturated heterocycles. The maximum Gasteiger partial charge on any atom is 0.183 e. The number of hydrogen-bond acceptors (Lipinski definition) is 7. The van der Waals surface area contributed by atoms with Crippen LogP contribution in [0.15, 0.2) is 16.6 Å². The van der Waals surface area contributed by atoms with Gasteiger partial charge < -0.3 is 33.5 Å². The summed E-state index contributed by atoms with van der Waals surface area (Å²) < 4.78 is 34.9. The molecule has 0 fully saturated rings. The topological polar surface area (TPSA) is 81.4 Å². The normalized spacial score (nSPS) is 12.2. The Morgan fingerprint density at radius 3 is 1.57 bits per heavy atom. The highest BCUT2D eigenvalue weighted by Gasteiger charge is 2.14. The summed E-state index contributed by atoms with van der Waals surface area (Å²) in [6, 6.07) is 3.55. The van der Waals surface area contributed by atoms with Crippen LogP contribution in [-0.2, 0) is 18.3 Å². The van der Waals surface area contributed by atoms with E-state index in [0.717, 1.165) is 4.47 Å². The molecule has 2 N–H and O–H groups in total. The Hall–Kier alpha value is -0.626. The second kappa shape index (κ2) is 13.7. The molecule has 0 amide bonds. The molecular weight excluding hydrogens is 486 g/mol. The SMILES string of the molecule is C[Si](C)(C)OCCOCCOc1cc(OCCOCCO[Si](C)(C)C)c(Br)cc1N. The first kappa shape index (κ1) is 27.4. The van der Waals surface area contributed by atoms with Crippen molar-refractivity contribution in [2.45, 2.75) is 39.3 Å². The van der Waals surface area contributed by atoms with Crippen LogP contribution in [0.25, 0.3) is 0 Å². The third kappa shape index (κ3) is 13.6. The van der Waals surface area contributed by atoms with Gasteiger partial charge in [0.15, 0.2) is 16.6 Å². The number of ether oxygens (including phenoxy) is 4. The van der Waals surface area contributed by atoms with Crippen LogP contribution >= 0.6 is 15.9 Å². The molecule has 0 aliphatic heterocycles. The van der Waals surface area contributed by atoms with E-state index in [0.29, 0.717) is 70.0 Å². The van der Waals surface area contributed by atoms with E-state index in [9.17, 15) is 0 Å². The molecule has 0 atom stereocenters. The predicted octanol–water partition coefficient (Wildman–Crippen LogP) is 4.53. The lowest BCUT2D eigenvalue weighted by atomic mass is 10.3. The number of halogens is 1. The maximum absolute atomic E-state index is 6.04. The quantitative estimate of drug-likeness (QED) is 0.193. The fraction of sp³-hybridized carbons (Fsp3) is 0.700. The summed E-state index contributed by atoms with van der Waals surface area (Å²) in [7, 11) is -2.97. The van der Waals surface area contributed by atoms with Crippen molar-refractivity contribution in [3.8, 4) is 11.5 Å². The van der Waals surface area contributed by atoms with Gasteiger partial charge in [-0.1, -0.05) is 0 Å². The Morgan fingerprint density at radius 1 is 0.667 bits per heavy atom. The van der Waals surface area contributed by atoms with Crippen molar-refractivity contribution in [1.29, 1.82) is 0 Å². The van der Waals surface area contributed by atoms with Crippen LogP contribution < -0.4 is 15.2 Å². The number of rotatable bonds is 16. The van der Waals surface area contributed by atoms with E-state index < -0.39 is 16.6 Å². The highest BCUT2D eigenvalue weighted by atomic mass is 79.9. The minimum atomic E-state index is -1.49. The molecule has 0 saturated carbocycles. The molecule has 30 heavy (non-hydrogen) atoms. The van der Waals surface area contributed by atoms with Gasteiger partial charge in [0.1, 0.15) is 24.7 Å². The average molecular weight is 525 g/mol. The van der Waals surface area contributed by atoms with Crippen molar-refractivity contribution in [2.75, 3.05) is 58.6 Å². The lowest BCUT2D eigenvalue weighted by Gasteiger charge is -2.17. The second-order valence-electron chi connectivity index (χ2n) is 8.66. The fourth-order valence-electron chi connectivity index (χ4n) is 2.22. The zero-order valence-corrected chi connectivity index (χ0v) is 22.8. The fourth-order valence-corrected chi connectivity index (χ4v) is 4.09. The van der Waals surface area contributed by atoms with Crippen molar-refractivity contribution in [3.63, 3.8) is 0 Å². The zero-order chi connectivity index (χ0) is 22.6. The van der Waals surface area contributed by atoms with E-state index in [-0.39, 0.29) is 0 Å². The highest BCUT2D eigenvalue weighted by Crippen LogP contribution is 2.34.